The maximum atomic E-state index is 12.3. The molecule has 3 heterocycles. The van der Waals surface area contributed by atoms with E-state index in [1.165, 1.54) is 0 Å². The first-order valence-corrected chi connectivity index (χ1v) is 8.74. The van der Waals surface area contributed by atoms with Gasteiger partial charge in [0.2, 0.25) is 0 Å². The van der Waals surface area contributed by atoms with Crippen LogP contribution in [-0.4, -0.2) is 64.8 Å². The number of rotatable bonds is 0. The van der Waals surface area contributed by atoms with E-state index in [-0.39, 0.29) is 25.0 Å². The van der Waals surface area contributed by atoms with E-state index in [4.69, 9.17) is 28.4 Å². The standard InChI is InChI=1S/C18H24O8/c1-11-15-13(9-25-11)7-21-3-4-22-8-14-10-26-12(2)16(14)18(20)24-6-5-23-17(15)19/h13-14H,3-10H2,1-2H3. The molecule has 0 aliphatic carbocycles. The Morgan fingerprint density at radius 3 is 1.46 bits per heavy atom. The maximum Gasteiger partial charge on any atom is 0.338 e. The summed E-state index contributed by atoms with van der Waals surface area (Å²) >= 11 is 0. The van der Waals surface area contributed by atoms with Gasteiger partial charge in [-0.25, -0.2) is 9.59 Å². The molecule has 144 valence electrons. The molecule has 0 spiro atoms. The molecule has 1 fully saturated rings. The molecular weight excluding hydrogens is 344 g/mol. The molecule has 8 heteroatoms. The summed E-state index contributed by atoms with van der Waals surface area (Å²) < 4.78 is 32.6. The van der Waals surface area contributed by atoms with Crippen LogP contribution < -0.4 is 0 Å². The second-order valence-electron chi connectivity index (χ2n) is 6.38. The van der Waals surface area contributed by atoms with Crippen LogP contribution in [0.1, 0.15) is 13.8 Å². The van der Waals surface area contributed by atoms with Crippen molar-refractivity contribution in [3.05, 3.63) is 22.7 Å². The summed E-state index contributed by atoms with van der Waals surface area (Å²) in [5.74, 6) is -0.179. The molecule has 8 nitrogen and oxygen atoms in total. The molecule has 26 heavy (non-hydrogen) atoms. The average Bonchev–Trinajstić information content (AvgIpc) is 3.16. The van der Waals surface area contributed by atoms with Crippen LogP contribution in [-0.2, 0) is 38.0 Å². The Kier molecular flexibility index (Phi) is 6.16. The highest BCUT2D eigenvalue weighted by Gasteiger charge is 2.33. The minimum Gasteiger partial charge on any atom is -0.497 e. The number of hydrogen-bond donors (Lipinski definition) is 0. The van der Waals surface area contributed by atoms with Crippen LogP contribution in [0.3, 0.4) is 0 Å². The van der Waals surface area contributed by atoms with Crippen molar-refractivity contribution in [3.8, 4) is 0 Å². The molecule has 3 rings (SSSR count). The zero-order chi connectivity index (χ0) is 18.5. The lowest BCUT2D eigenvalue weighted by molar-refractivity contribution is -0.148. The number of fused-ring (bicyclic) bond motifs is 2. The van der Waals surface area contributed by atoms with Gasteiger partial charge >= 0.3 is 11.9 Å². The van der Waals surface area contributed by atoms with Gasteiger partial charge in [0.25, 0.3) is 0 Å². The van der Waals surface area contributed by atoms with Crippen LogP contribution >= 0.6 is 0 Å². The summed E-state index contributed by atoms with van der Waals surface area (Å²) in [7, 11) is 0. The summed E-state index contributed by atoms with van der Waals surface area (Å²) in [4.78, 5) is 24.6. The number of cyclic esters (lactones) is 2. The van der Waals surface area contributed by atoms with E-state index >= 15 is 0 Å². The molecule has 3 aliphatic heterocycles. The highest BCUT2D eigenvalue weighted by molar-refractivity contribution is 5.91. The Morgan fingerprint density at radius 2 is 1.04 bits per heavy atom. The number of carbonyl (C=O) groups excluding carboxylic acids is 2. The van der Waals surface area contributed by atoms with E-state index in [9.17, 15) is 9.59 Å². The van der Waals surface area contributed by atoms with Crippen molar-refractivity contribution >= 4 is 11.9 Å². The van der Waals surface area contributed by atoms with Crippen LogP contribution in [0.4, 0.5) is 0 Å². The average molecular weight is 368 g/mol. The summed E-state index contributed by atoms with van der Waals surface area (Å²) in [6.07, 6.45) is 0. The van der Waals surface area contributed by atoms with Gasteiger partial charge in [0.1, 0.15) is 24.7 Å². The Labute approximate surface area is 152 Å². The van der Waals surface area contributed by atoms with E-state index in [1.807, 2.05) is 0 Å². The molecule has 0 aromatic rings. The lowest BCUT2D eigenvalue weighted by Crippen LogP contribution is -2.25. The van der Waals surface area contributed by atoms with E-state index in [0.717, 1.165) is 0 Å². The first-order valence-electron chi connectivity index (χ1n) is 8.74. The lowest BCUT2D eigenvalue weighted by Gasteiger charge is -2.16. The van der Waals surface area contributed by atoms with Crippen LogP contribution in [0.2, 0.25) is 0 Å². The van der Waals surface area contributed by atoms with Crippen LogP contribution in [0, 0.1) is 11.8 Å². The van der Waals surface area contributed by atoms with E-state index in [2.05, 4.69) is 0 Å². The summed E-state index contributed by atoms with van der Waals surface area (Å²) in [6.45, 7) is 5.67. The van der Waals surface area contributed by atoms with Gasteiger partial charge in [0.15, 0.2) is 0 Å². The Morgan fingerprint density at radius 1 is 0.615 bits per heavy atom. The third kappa shape index (κ3) is 4.19. The molecule has 0 N–H and O–H groups in total. The molecule has 0 aromatic heterocycles. The van der Waals surface area contributed by atoms with Crippen molar-refractivity contribution < 1.29 is 38.0 Å². The van der Waals surface area contributed by atoms with Gasteiger partial charge < -0.3 is 28.4 Å². The molecule has 0 saturated carbocycles. The summed E-state index contributed by atoms with van der Waals surface area (Å²) in [5, 5.41) is 0. The smallest absolute Gasteiger partial charge is 0.338 e. The molecule has 0 radical (unpaired) electrons. The molecule has 3 aliphatic rings. The van der Waals surface area contributed by atoms with Gasteiger partial charge in [-0.15, -0.1) is 0 Å². The Balaban J connectivity index is 1.66. The number of allylic oxidation sites excluding steroid dienone is 2. The van der Waals surface area contributed by atoms with E-state index < -0.39 is 11.9 Å². The number of hydrogen-bond acceptors (Lipinski definition) is 8. The minimum absolute atomic E-state index is 0.0245. The second kappa shape index (κ2) is 8.55. The Hall–Kier alpha value is -2.06. The first-order chi connectivity index (χ1) is 12.6. The highest BCUT2D eigenvalue weighted by atomic mass is 16.6. The van der Waals surface area contributed by atoms with Crippen LogP contribution in [0.25, 0.3) is 0 Å². The molecule has 0 aromatic carbocycles. The van der Waals surface area contributed by atoms with Gasteiger partial charge in [0, 0.05) is 0 Å². The van der Waals surface area contributed by atoms with E-state index in [0.29, 0.717) is 62.3 Å². The van der Waals surface area contributed by atoms with Gasteiger partial charge in [-0.3, -0.25) is 0 Å². The zero-order valence-corrected chi connectivity index (χ0v) is 15.1. The van der Waals surface area contributed by atoms with Gasteiger partial charge in [0.05, 0.1) is 62.6 Å². The predicted octanol–water partition coefficient (Wildman–Crippen LogP) is 0.960. The lowest BCUT2D eigenvalue weighted by atomic mass is 10.0. The van der Waals surface area contributed by atoms with Crippen molar-refractivity contribution in [3.63, 3.8) is 0 Å². The zero-order valence-electron chi connectivity index (χ0n) is 15.1. The normalized spacial score (nSPS) is 28.7. The fourth-order valence-electron chi connectivity index (χ4n) is 3.23. The van der Waals surface area contributed by atoms with Crippen LogP contribution in [0.5, 0.6) is 0 Å². The number of ether oxygens (including phenoxy) is 6. The fraction of sp³-hybridized carbons (Fsp3) is 0.667. The van der Waals surface area contributed by atoms with Gasteiger partial charge in [-0.1, -0.05) is 0 Å². The first kappa shape index (κ1) is 18.7. The fourth-order valence-corrected chi connectivity index (χ4v) is 3.23. The number of carbonyl (C=O) groups is 2. The monoisotopic (exact) mass is 368 g/mol. The van der Waals surface area contributed by atoms with Crippen molar-refractivity contribution in [2.24, 2.45) is 11.8 Å². The highest BCUT2D eigenvalue weighted by Crippen LogP contribution is 2.28. The van der Waals surface area contributed by atoms with Crippen LogP contribution in [0.15, 0.2) is 22.7 Å². The summed E-state index contributed by atoms with van der Waals surface area (Å²) in [6, 6.07) is 0. The van der Waals surface area contributed by atoms with Gasteiger partial charge in [-0.05, 0) is 13.8 Å². The molecule has 1 saturated heterocycles. The van der Waals surface area contributed by atoms with Crippen molar-refractivity contribution in [2.75, 3.05) is 52.9 Å². The largest absolute Gasteiger partial charge is 0.497 e. The molecule has 2 unspecified atom stereocenters. The molecule has 0 amide bonds. The van der Waals surface area contributed by atoms with Crippen molar-refractivity contribution in [1.29, 1.82) is 0 Å². The molecular formula is C18H24O8. The number of esters is 2. The SMILES string of the molecule is CC1=C2C(=O)OCCOC(=O)C3=C(C)OCC3COCCOCC2CO1. The maximum absolute atomic E-state index is 12.3. The topological polar surface area (TPSA) is 89.5 Å². The Bertz CT molecular complexity index is 567. The van der Waals surface area contributed by atoms with Crippen molar-refractivity contribution in [2.45, 2.75) is 13.8 Å². The minimum atomic E-state index is -0.467. The summed E-state index contributed by atoms with van der Waals surface area (Å²) in [5.41, 5.74) is 0.958. The molecule has 2 atom stereocenters. The predicted molar refractivity (Wildman–Crippen MR) is 87.8 cm³/mol. The quantitative estimate of drug-likeness (QED) is 0.584. The second-order valence-corrected chi connectivity index (χ2v) is 6.38. The van der Waals surface area contributed by atoms with E-state index in [1.54, 1.807) is 13.8 Å². The van der Waals surface area contributed by atoms with Gasteiger partial charge in [-0.2, -0.15) is 0 Å². The third-order valence-corrected chi connectivity index (χ3v) is 4.58. The molecule has 0 bridgehead atoms. The third-order valence-electron chi connectivity index (χ3n) is 4.58. The van der Waals surface area contributed by atoms with Crippen molar-refractivity contribution in [1.82, 2.24) is 0 Å².